The highest BCUT2D eigenvalue weighted by molar-refractivity contribution is 7.99. The lowest BCUT2D eigenvalue weighted by molar-refractivity contribution is 1.22. The summed E-state index contributed by atoms with van der Waals surface area (Å²) in [6.07, 6.45) is 0. The largest absolute Gasteiger partial charge is 0.383 e. The highest BCUT2D eigenvalue weighted by Gasteiger charge is 1.97. The molecule has 0 radical (unpaired) electrons. The van der Waals surface area contributed by atoms with Crippen LogP contribution in [-0.2, 0) is 0 Å². The molecule has 0 unspecified atom stereocenters. The van der Waals surface area contributed by atoms with Crippen molar-refractivity contribution in [2.24, 2.45) is 0 Å². The Labute approximate surface area is 111 Å². The molecular formula is C14H14ClNS. The third kappa shape index (κ3) is 3.99. The molecule has 0 saturated carbocycles. The molecule has 0 aliphatic rings. The molecule has 0 bridgehead atoms. The van der Waals surface area contributed by atoms with Crippen LogP contribution in [0.3, 0.4) is 0 Å². The lowest BCUT2D eigenvalue weighted by Gasteiger charge is -2.07. The molecule has 3 heteroatoms. The van der Waals surface area contributed by atoms with Gasteiger partial charge in [-0.3, -0.25) is 0 Å². The van der Waals surface area contributed by atoms with Gasteiger partial charge in [-0.25, -0.2) is 0 Å². The Kier molecular flexibility index (Phi) is 4.77. The summed E-state index contributed by atoms with van der Waals surface area (Å²) in [5.74, 6) is 1.02. The SMILES string of the molecule is Clc1ccccc1NCCSc1ccccc1. The molecular weight excluding hydrogens is 250 g/mol. The second-order valence-electron chi connectivity index (χ2n) is 3.57. The number of hydrogen-bond donors (Lipinski definition) is 1. The average molecular weight is 264 g/mol. The number of thioether (sulfide) groups is 1. The Morgan fingerprint density at radius 3 is 2.41 bits per heavy atom. The Hall–Kier alpha value is -1.12. The summed E-state index contributed by atoms with van der Waals surface area (Å²) >= 11 is 7.89. The van der Waals surface area contributed by atoms with Gasteiger partial charge in [0.15, 0.2) is 0 Å². The molecule has 0 aliphatic heterocycles. The first-order valence-electron chi connectivity index (χ1n) is 5.52. The lowest BCUT2D eigenvalue weighted by Crippen LogP contribution is -2.04. The predicted molar refractivity (Wildman–Crippen MR) is 77.1 cm³/mol. The minimum absolute atomic E-state index is 0.775. The van der Waals surface area contributed by atoms with Crippen LogP contribution < -0.4 is 5.32 Å². The van der Waals surface area contributed by atoms with Gasteiger partial charge in [-0.1, -0.05) is 41.9 Å². The van der Waals surface area contributed by atoms with Gasteiger partial charge in [0, 0.05) is 17.2 Å². The van der Waals surface area contributed by atoms with E-state index in [-0.39, 0.29) is 0 Å². The predicted octanol–water partition coefficient (Wildman–Crippen LogP) is 4.54. The van der Waals surface area contributed by atoms with E-state index in [2.05, 4.69) is 29.6 Å². The van der Waals surface area contributed by atoms with Crippen molar-refractivity contribution in [1.29, 1.82) is 0 Å². The lowest BCUT2D eigenvalue weighted by atomic mass is 10.3. The quantitative estimate of drug-likeness (QED) is 0.628. The highest BCUT2D eigenvalue weighted by atomic mass is 35.5. The summed E-state index contributed by atoms with van der Waals surface area (Å²) in [6.45, 7) is 0.906. The van der Waals surface area contributed by atoms with E-state index >= 15 is 0 Å². The molecule has 0 saturated heterocycles. The van der Waals surface area contributed by atoms with Gasteiger partial charge in [-0.15, -0.1) is 11.8 Å². The number of rotatable bonds is 5. The topological polar surface area (TPSA) is 12.0 Å². The Morgan fingerprint density at radius 1 is 0.941 bits per heavy atom. The van der Waals surface area contributed by atoms with E-state index in [1.807, 2.05) is 42.1 Å². The minimum atomic E-state index is 0.775. The van der Waals surface area contributed by atoms with E-state index in [1.54, 1.807) is 0 Å². The van der Waals surface area contributed by atoms with E-state index in [4.69, 9.17) is 11.6 Å². The molecule has 17 heavy (non-hydrogen) atoms. The summed E-state index contributed by atoms with van der Waals surface area (Å²) in [4.78, 5) is 1.30. The van der Waals surface area contributed by atoms with E-state index < -0.39 is 0 Å². The molecule has 0 amide bonds. The second kappa shape index (κ2) is 6.58. The van der Waals surface area contributed by atoms with E-state index in [0.29, 0.717) is 0 Å². The van der Waals surface area contributed by atoms with Crippen LogP contribution in [0.1, 0.15) is 0 Å². The Morgan fingerprint density at radius 2 is 1.65 bits per heavy atom. The third-order valence-corrected chi connectivity index (χ3v) is 3.65. The van der Waals surface area contributed by atoms with Gasteiger partial charge < -0.3 is 5.32 Å². The van der Waals surface area contributed by atoms with Crippen LogP contribution in [0.15, 0.2) is 59.5 Å². The average Bonchev–Trinajstić information content (AvgIpc) is 2.38. The molecule has 0 aromatic heterocycles. The van der Waals surface area contributed by atoms with E-state index in [0.717, 1.165) is 23.0 Å². The van der Waals surface area contributed by atoms with Crippen molar-refractivity contribution in [1.82, 2.24) is 0 Å². The molecule has 0 atom stereocenters. The van der Waals surface area contributed by atoms with E-state index in [1.165, 1.54) is 4.90 Å². The van der Waals surface area contributed by atoms with Crippen LogP contribution in [0.5, 0.6) is 0 Å². The number of para-hydroxylation sites is 1. The zero-order valence-electron chi connectivity index (χ0n) is 9.40. The van der Waals surface area contributed by atoms with Crippen molar-refractivity contribution >= 4 is 29.1 Å². The number of halogens is 1. The Bertz CT molecular complexity index is 459. The molecule has 0 fully saturated rings. The first-order chi connectivity index (χ1) is 8.36. The summed E-state index contributed by atoms with van der Waals surface area (Å²) in [7, 11) is 0. The van der Waals surface area contributed by atoms with Crippen LogP contribution in [0.2, 0.25) is 5.02 Å². The molecule has 1 nitrogen and oxygen atoms in total. The minimum Gasteiger partial charge on any atom is -0.383 e. The van der Waals surface area contributed by atoms with Crippen molar-refractivity contribution in [3.8, 4) is 0 Å². The first-order valence-corrected chi connectivity index (χ1v) is 6.89. The molecule has 2 rings (SSSR count). The summed E-state index contributed by atoms with van der Waals surface area (Å²) in [5, 5.41) is 4.11. The normalized spacial score (nSPS) is 10.2. The number of hydrogen-bond acceptors (Lipinski definition) is 2. The highest BCUT2D eigenvalue weighted by Crippen LogP contribution is 2.21. The van der Waals surface area contributed by atoms with Crippen molar-refractivity contribution < 1.29 is 0 Å². The van der Waals surface area contributed by atoms with Crippen LogP contribution in [-0.4, -0.2) is 12.3 Å². The van der Waals surface area contributed by atoms with Crippen LogP contribution in [0.25, 0.3) is 0 Å². The zero-order valence-corrected chi connectivity index (χ0v) is 11.0. The fourth-order valence-electron chi connectivity index (χ4n) is 1.48. The standard InChI is InChI=1S/C14H14ClNS/c15-13-8-4-5-9-14(13)16-10-11-17-12-6-2-1-3-7-12/h1-9,16H,10-11H2. The third-order valence-electron chi connectivity index (χ3n) is 2.30. The molecule has 2 aromatic carbocycles. The van der Waals surface area contributed by atoms with Gasteiger partial charge in [-0.05, 0) is 24.3 Å². The Balaban J connectivity index is 1.76. The van der Waals surface area contributed by atoms with Gasteiger partial charge in [0.05, 0.1) is 10.7 Å². The van der Waals surface area contributed by atoms with Crippen molar-refractivity contribution in [3.05, 3.63) is 59.6 Å². The van der Waals surface area contributed by atoms with Crippen molar-refractivity contribution in [3.63, 3.8) is 0 Å². The maximum absolute atomic E-state index is 6.05. The van der Waals surface area contributed by atoms with Gasteiger partial charge in [-0.2, -0.15) is 0 Å². The number of benzene rings is 2. The smallest absolute Gasteiger partial charge is 0.0637 e. The maximum atomic E-state index is 6.05. The summed E-state index contributed by atoms with van der Waals surface area (Å²) in [5.41, 5.74) is 1.00. The number of nitrogens with one attached hydrogen (secondary N) is 1. The van der Waals surface area contributed by atoms with Gasteiger partial charge >= 0.3 is 0 Å². The van der Waals surface area contributed by atoms with Gasteiger partial charge in [0.25, 0.3) is 0 Å². The maximum Gasteiger partial charge on any atom is 0.0637 e. The fourth-order valence-corrected chi connectivity index (χ4v) is 2.47. The molecule has 2 aromatic rings. The van der Waals surface area contributed by atoms with Crippen molar-refractivity contribution in [2.45, 2.75) is 4.90 Å². The number of anilines is 1. The second-order valence-corrected chi connectivity index (χ2v) is 5.14. The van der Waals surface area contributed by atoms with Gasteiger partial charge in [0.2, 0.25) is 0 Å². The molecule has 0 heterocycles. The van der Waals surface area contributed by atoms with Crippen LogP contribution >= 0.6 is 23.4 Å². The zero-order chi connectivity index (χ0) is 11.9. The summed E-state index contributed by atoms with van der Waals surface area (Å²) < 4.78 is 0. The summed E-state index contributed by atoms with van der Waals surface area (Å²) in [6, 6.07) is 18.2. The molecule has 88 valence electrons. The van der Waals surface area contributed by atoms with Crippen molar-refractivity contribution in [2.75, 3.05) is 17.6 Å². The monoisotopic (exact) mass is 263 g/mol. The van der Waals surface area contributed by atoms with Crippen LogP contribution in [0.4, 0.5) is 5.69 Å². The molecule has 1 N–H and O–H groups in total. The van der Waals surface area contributed by atoms with Gasteiger partial charge in [0.1, 0.15) is 0 Å². The first kappa shape index (κ1) is 12.3. The van der Waals surface area contributed by atoms with E-state index in [9.17, 15) is 0 Å². The van der Waals surface area contributed by atoms with Crippen LogP contribution in [0, 0.1) is 0 Å². The molecule has 0 spiro atoms. The fraction of sp³-hybridized carbons (Fsp3) is 0.143. The molecule has 0 aliphatic carbocycles.